The fraction of sp³-hybridized carbons (Fsp3) is 0.296. The summed E-state index contributed by atoms with van der Waals surface area (Å²) in [7, 11) is 1.99. The van der Waals surface area contributed by atoms with E-state index in [0.717, 1.165) is 10.9 Å². The number of hydrogen-bond donors (Lipinski definition) is 2. The lowest BCUT2D eigenvalue weighted by Gasteiger charge is -2.44. The highest BCUT2D eigenvalue weighted by atomic mass is 32.1. The monoisotopic (exact) mass is 559 g/mol. The number of amides is 1. The summed E-state index contributed by atoms with van der Waals surface area (Å²) in [6, 6.07) is 8.55. The molecular formula is C27H25F4N5O2S. The maximum Gasteiger partial charge on any atom is 0.417 e. The van der Waals surface area contributed by atoms with Gasteiger partial charge in [-0.05, 0) is 50.7 Å². The van der Waals surface area contributed by atoms with Crippen molar-refractivity contribution < 1.29 is 22.4 Å². The lowest BCUT2D eigenvalue weighted by Crippen LogP contribution is -2.55. The Bertz CT molecular complexity index is 1600. The van der Waals surface area contributed by atoms with Crippen molar-refractivity contribution in [3.8, 4) is 11.1 Å². The number of nitrogens with zero attached hydrogens (tertiary/aromatic N) is 3. The molecule has 2 atom stereocenters. The van der Waals surface area contributed by atoms with Crippen LogP contribution in [0.2, 0.25) is 0 Å². The van der Waals surface area contributed by atoms with Gasteiger partial charge in [-0.25, -0.2) is 9.37 Å². The van der Waals surface area contributed by atoms with Crippen molar-refractivity contribution in [2.24, 2.45) is 0 Å². The number of halogens is 4. The Hall–Kier alpha value is -3.77. The number of thiazole rings is 1. The van der Waals surface area contributed by atoms with Gasteiger partial charge in [0.2, 0.25) is 5.56 Å². The Morgan fingerprint density at radius 1 is 1.13 bits per heavy atom. The number of fused-ring (bicyclic) bond motifs is 1. The molecule has 0 spiro atoms. The predicted octanol–water partition coefficient (Wildman–Crippen LogP) is 5.59. The van der Waals surface area contributed by atoms with Crippen LogP contribution in [-0.2, 0) is 6.18 Å². The highest BCUT2D eigenvalue weighted by molar-refractivity contribution is 7.16. The summed E-state index contributed by atoms with van der Waals surface area (Å²) in [5.41, 5.74) is 0.439. The molecule has 0 saturated carbocycles. The molecule has 3 heterocycles. The highest BCUT2D eigenvalue weighted by Crippen LogP contribution is 2.38. The number of carbonyl (C=O) groups is 1. The van der Waals surface area contributed by atoms with E-state index in [4.69, 9.17) is 0 Å². The molecule has 4 aromatic rings. The molecule has 0 aliphatic carbocycles. The van der Waals surface area contributed by atoms with Crippen molar-refractivity contribution in [3.63, 3.8) is 0 Å². The molecule has 0 unspecified atom stereocenters. The number of alkyl halides is 3. The zero-order valence-electron chi connectivity index (χ0n) is 21.3. The van der Waals surface area contributed by atoms with Gasteiger partial charge in [-0.1, -0.05) is 6.07 Å². The Morgan fingerprint density at radius 2 is 1.85 bits per heavy atom. The molecule has 39 heavy (non-hydrogen) atoms. The maximum absolute atomic E-state index is 15.6. The van der Waals surface area contributed by atoms with E-state index in [1.807, 2.05) is 31.9 Å². The summed E-state index contributed by atoms with van der Waals surface area (Å²) in [5.74, 6) is -1.63. The molecular weight excluding hydrogens is 534 g/mol. The third-order valence-electron chi connectivity index (χ3n) is 7.15. The van der Waals surface area contributed by atoms with E-state index in [1.165, 1.54) is 23.5 Å². The van der Waals surface area contributed by atoms with Crippen LogP contribution in [-0.4, -0.2) is 53.0 Å². The molecule has 1 aliphatic heterocycles. The van der Waals surface area contributed by atoms with Crippen LogP contribution >= 0.6 is 11.3 Å². The zero-order valence-corrected chi connectivity index (χ0v) is 22.1. The second-order valence-electron chi connectivity index (χ2n) is 9.73. The van der Waals surface area contributed by atoms with Crippen molar-refractivity contribution >= 4 is 38.8 Å². The second-order valence-corrected chi connectivity index (χ2v) is 10.6. The van der Waals surface area contributed by atoms with Gasteiger partial charge in [-0.3, -0.25) is 14.5 Å². The number of H-pyrrole nitrogens is 1. The van der Waals surface area contributed by atoms with Crippen molar-refractivity contribution in [2.75, 3.05) is 30.4 Å². The number of likely N-dealkylation sites (N-methyl/N-ethyl adjacent to an activating group) is 1. The summed E-state index contributed by atoms with van der Waals surface area (Å²) in [6.07, 6.45) is -4.19. The molecule has 1 aliphatic rings. The number of anilines is 2. The quantitative estimate of drug-likeness (QED) is 0.319. The van der Waals surface area contributed by atoms with Crippen LogP contribution in [0, 0.1) is 5.82 Å². The number of carbonyl (C=O) groups excluding carboxylic acids is 1. The SMILES string of the molecule is C[C@@H]1CN(c2cc(F)c(-c3ccc4scnc4c3)cc2NC(=O)c2c[nH]c(=O)cc2C(F)(F)F)C[C@H](C)N1C. The first-order valence-electron chi connectivity index (χ1n) is 12.2. The minimum absolute atomic E-state index is 0.100. The fourth-order valence-electron chi connectivity index (χ4n) is 4.86. The van der Waals surface area contributed by atoms with Crippen molar-refractivity contribution in [3.05, 3.63) is 75.4 Å². The topological polar surface area (TPSA) is 81.3 Å². The van der Waals surface area contributed by atoms with Gasteiger partial charge in [0.05, 0.1) is 38.2 Å². The van der Waals surface area contributed by atoms with E-state index in [9.17, 15) is 22.8 Å². The number of rotatable bonds is 4. The van der Waals surface area contributed by atoms with E-state index in [2.05, 4.69) is 20.2 Å². The Morgan fingerprint density at radius 3 is 2.54 bits per heavy atom. The van der Waals surface area contributed by atoms with Gasteiger partial charge in [0.1, 0.15) is 5.82 Å². The number of piperazine rings is 1. The number of hydrogen-bond acceptors (Lipinski definition) is 6. The lowest BCUT2D eigenvalue weighted by molar-refractivity contribution is -0.138. The Kier molecular flexibility index (Phi) is 6.93. The average Bonchev–Trinajstić information content (AvgIpc) is 3.35. The third kappa shape index (κ3) is 5.26. The van der Waals surface area contributed by atoms with Crippen molar-refractivity contribution in [2.45, 2.75) is 32.1 Å². The molecule has 1 saturated heterocycles. The number of pyridine rings is 1. The molecule has 2 aromatic heterocycles. The molecule has 5 rings (SSSR count). The van der Waals surface area contributed by atoms with E-state index in [-0.39, 0.29) is 23.3 Å². The molecule has 1 amide bonds. The van der Waals surface area contributed by atoms with E-state index >= 15 is 4.39 Å². The van der Waals surface area contributed by atoms with Crippen LogP contribution in [0.3, 0.4) is 0 Å². The molecule has 12 heteroatoms. The van der Waals surface area contributed by atoms with Gasteiger partial charge in [0.15, 0.2) is 0 Å². The van der Waals surface area contributed by atoms with Gasteiger partial charge >= 0.3 is 6.18 Å². The largest absolute Gasteiger partial charge is 0.417 e. The zero-order chi connectivity index (χ0) is 28.1. The van der Waals surface area contributed by atoms with Crippen LogP contribution in [0.15, 0.2) is 52.9 Å². The number of aromatic nitrogens is 2. The minimum atomic E-state index is -4.93. The molecule has 0 radical (unpaired) electrons. The third-order valence-corrected chi connectivity index (χ3v) is 7.96. The number of benzene rings is 2. The van der Waals surface area contributed by atoms with Crippen LogP contribution < -0.4 is 15.8 Å². The van der Waals surface area contributed by atoms with Gasteiger partial charge < -0.3 is 15.2 Å². The van der Waals surface area contributed by atoms with Crippen LogP contribution in [0.25, 0.3) is 21.3 Å². The summed E-state index contributed by atoms with van der Waals surface area (Å²) >= 11 is 1.44. The molecule has 1 fully saturated rings. The average molecular weight is 560 g/mol. The van der Waals surface area contributed by atoms with Crippen molar-refractivity contribution in [1.29, 1.82) is 0 Å². The van der Waals surface area contributed by atoms with Gasteiger partial charge in [0, 0.05) is 43.0 Å². The maximum atomic E-state index is 15.6. The van der Waals surface area contributed by atoms with Crippen LogP contribution in [0.5, 0.6) is 0 Å². The first-order valence-corrected chi connectivity index (χ1v) is 13.1. The van der Waals surface area contributed by atoms with Crippen LogP contribution in [0.1, 0.15) is 29.8 Å². The first kappa shape index (κ1) is 26.8. The molecule has 2 N–H and O–H groups in total. The van der Waals surface area contributed by atoms with Crippen molar-refractivity contribution in [1.82, 2.24) is 14.9 Å². The molecule has 0 bridgehead atoms. The first-order chi connectivity index (χ1) is 18.4. The Labute approximate surface area is 225 Å². The van der Waals surface area contributed by atoms with E-state index in [1.54, 1.807) is 17.6 Å². The number of aromatic amines is 1. The molecule has 7 nitrogen and oxygen atoms in total. The van der Waals surface area contributed by atoms with Gasteiger partial charge in [-0.15, -0.1) is 11.3 Å². The smallest absolute Gasteiger partial charge is 0.367 e. The number of nitrogens with one attached hydrogen (secondary N) is 2. The van der Waals surface area contributed by atoms with E-state index < -0.39 is 34.6 Å². The molecule has 204 valence electrons. The summed E-state index contributed by atoms with van der Waals surface area (Å²) in [4.78, 5) is 35.3. The summed E-state index contributed by atoms with van der Waals surface area (Å²) in [6.45, 7) is 5.06. The van der Waals surface area contributed by atoms with Crippen LogP contribution in [0.4, 0.5) is 28.9 Å². The normalized spacial score (nSPS) is 18.5. The second kappa shape index (κ2) is 10.1. The Balaban J connectivity index is 1.61. The van der Waals surface area contributed by atoms with Gasteiger partial charge in [0.25, 0.3) is 5.91 Å². The predicted molar refractivity (Wildman–Crippen MR) is 144 cm³/mol. The van der Waals surface area contributed by atoms with Gasteiger partial charge in [-0.2, -0.15) is 13.2 Å². The minimum Gasteiger partial charge on any atom is -0.367 e. The standard InChI is InChI=1S/C27H25F4N5O2S/c1-14-11-36(12-15(2)35(14)3)23-9-20(28)17(16-4-5-24-22(6-16)33-13-39-24)7-21(23)34-26(38)18-10-32-25(37)8-19(18)27(29,30)31/h4-10,13-15H,11-12H2,1-3H3,(H,32,37)(H,34,38)/t14-,15+. The molecule has 2 aromatic carbocycles. The van der Waals surface area contributed by atoms with E-state index in [0.29, 0.717) is 35.9 Å². The summed E-state index contributed by atoms with van der Waals surface area (Å²) in [5, 5.41) is 2.57. The fourth-order valence-corrected chi connectivity index (χ4v) is 5.51. The summed E-state index contributed by atoms with van der Waals surface area (Å²) < 4.78 is 57.5. The lowest BCUT2D eigenvalue weighted by atomic mass is 10.0. The highest BCUT2D eigenvalue weighted by Gasteiger charge is 2.36.